The molecule has 1 aliphatic heterocycles. The summed E-state index contributed by atoms with van der Waals surface area (Å²) >= 11 is 3.44. The molecule has 0 saturated carbocycles. The van der Waals surface area contributed by atoms with Gasteiger partial charge in [0, 0.05) is 16.6 Å². The van der Waals surface area contributed by atoms with E-state index in [9.17, 15) is 9.18 Å². The number of amides is 1. The van der Waals surface area contributed by atoms with Crippen molar-refractivity contribution >= 4 is 27.5 Å². The first-order valence-electron chi connectivity index (χ1n) is 9.45. The molecule has 1 fully saturated rings. The maximum absolute atomic E-state index is 13.4. The first kappa shape index (κ1) is 19.7. The summed E-state index contributed by atoms with van der Waals surface area (Å²) in [5, 5.41) is 6.93. The largest absolute Gasteiger partial charge is 0.339 e. The van der Waals surface area contributed by atoms with Crippen LogP contribution >= 0.6 is 15.9 Å². The SMILES string of the molecule is O=C(CN1CCCC(c2nc(-c3cccc(F)c3)no2)C1)Nc1ccccc1Br. The lowest BCUT2D eigenvalue weighted by Crippen LogP contribution is -2.39. The smallest absolute Gasteiger partial charge is 0.238 e. The molecule has 0 bridgehead atoms. The fourth-order valence-corrected chi connectivity index (χ4v) is 3.89. The molecule has 6 nitrogen and oxygen atoms in total. The molecular weight excluding hydrogens is 439 g/mol. The third-order valence-corrected chi connectivity index (χ3v) is 5.59. The van der Waals surface area contributed by atoms with Crippen molar-refractivity contribution in [3.63, 3.8) is 0 Å². The monoisotopic (exact) mass is 458 g/mol. The van der Waals surface area contributed by atoms with Gasteiger partial charge in [-0.1, -0.05) is 29.4 Å². The Hall–Kier alpha value is -2.58. The van der Waals surface area contributed by atoms with E-state index in [1.54, 1.807) is 12.1 Å². The van der Waals surface area contributed by atoms with Crippen molar-refractivity contribution in [3.8, 4) is 11.4 Å². The number of para-hydroxylation sites is 1. The van der Waals surface area contributed by atoms with Crippen molar-refractivity contribution in [1.29, 1.82) is 0 Å². The number of anilines is 1. The quantitative estimate of drug-likeness (QED) is 0.611. The van der Waals surface area contributed by atoms with Crippen LogP contribution in [0.5, 0.6) is 0 Å². The average Bonchev–Trinajstić information content (AvgIpc) is 3.20. The van der Waals surface area contributed by atoms with Gasteiger partial charge in [0.25, 0.3) is 0 Å². The van der Waals surface area contributed by atoms with Gasteiger partial charge in [-0.2, -0.15) is 4.98 Å². The van der Waals surface area contributed by atoms with Gasteiger partial charge in [-0.3, -0.25) is 9.69 Å². The van der Waals surface area contributed by atoms with Crippen LogP contribution < -0.4 is 5.32 Å². The summed E-state index contributed by atoms with van der Waals surface area (Å²) in [4.78, 5) is 19.0. The molecule has 1 amide bonds. The lowest BCUT2D eigenvalue weighted by Gasteiger charge is -2.30. The molecule has 8 heteroatoms. The number of carbonyl (C=O) groups excluding carboxylic acids is 1. The summed E-state index contributed by atoms with van der Waals surface area (Å²) in [7, 11) is 0. The fraction of sp³-hybridized carbons (Fsp3) is 0.286. The molecule has 1 aromatic heterocycles. The highest BCUT2D eigenvalue weighted by Gasteiger charge is 2.27. The van der Waals surface area contributed by atoms with E-state index in [-0.39, 0.29) is 17.6 Å². The van der Waals surface area contributed by atoms with Crippen molar-refractivity contribution in [3.05, 3.63) is 64.7 Å². The van der Waals surface area contributed by atoms with Crippen molar-refractivity contribution in [1.82, 2.24) is 15.0 Å². The Morgan fingerprint density at radius 3 is 2.97 bits per heavy atom. The summed E-state index contributed by atoms with van der Waals surface area (Å²) in [6.45, 7) is 1.79. The minimum atomic E-state index is -0.339. The van der Waals surface area contributed by atoms with Gasteiger partial charge in [0.2, 0.25) is 17.6 Å². The van der Waals surface area contributed by atoms with Crippen molar-refractivity contribution in [2.75, 3.05) is 25.0 Å². The van der Waals surface area contributed by atoms with Crippen LogP contribution in [0.3, 0.4) is 0 Å². The number of rotatable bonds is 5. The molecule has 1 atom stereocenters. The highest BCUT2D eigenvalue weighted by atomic mass is 79.9. The number of likely N-dealkylation sites (tertiary alicyclic amines) is 1. The van der Waals surface area contributed by atoms with Crippen molar-refractivity contribution < 1.29 is 13.7 Å². The molecule has 150 valence electrons. The third-order valence-electron chi connectivity index (χ3n) is 4.89. The number of piperidine rings is 1. The van der Waals surface area contributed by atoms with E-state index >= 15 is 0 Å². The highest BCUT2D eigenvalue weighted by Crippen LogP contribution is 2.28. The topological polar surface area (TPSA) is 71.3 Å². The second kappa shape index (κ2) is 8.84. The van der Waals surface area contributed by atoms with Gasteiger partial charge in [0.05, 0.1) is 18.2 Å². The third kappa shape index (κ3) is 4.89. The van der Waals surface area contributed by atoms with Crippen LogP contribution in [0.25, 0.3) is 11.4 Å². The van der Waals surface area contributed by atoms with E-state index in [1.165, 1.54) is 12.1 Å². The Morgan fingerprint density at radius 2 is 2.14 bits per heavy atom. The first-order valence-corrected chi connectivity index (χ1v) is 10.2. The number of carbonyl (C=O) groups is 1. The summed E-state index contributed by atoms with van der Waals surface area (Å²) in [6, 6.07) is 13.6. The second-order valence-corrected chi connectivity index (χ2v) is 7.92. The van der Waals surface area contributed by atoms with E-state index in [2.05, 4.69) is 36.3 Å². The van der Waals surface area contributed by atoms with Crippen LogP contribution in [0.1, 0.15) is 24.7 Å². The predicted molar refractivity (Wildman–Crippen MR) is 111 cm³/mol. The van der Waals surface area contributed by atoms with Gasteiger partial charge in [-0.25, -0.2) is 4.39 Å². The fourth-order valence-electron chi connectivity index (χ4n) is 3.50. The van der Waals surface area contributed by atoms with Crippen LogP contribution in [-0.2, 0) is 4.79 Å². The number of aromatic nitrogens is 2. The van der Waals surface area contributed by atoms with E-state index in [0.717, 1.165) is 29.5 Å². The maximum Gasteiger partial charge on any atom is 0.238 e. The zero-order valence-corrected chi connectivity index (χ0v) is 17.2. The summed E-state index contributed by atoms with van der Waals surface area (Å²) in [5.74, 6) is 0.551. The molecular formula is C21H20BrFN4O2. The molecule has 1 aliphatic rings. The van der Waals surface area contributed by atoms with Gasteiger partial charge in [-0.15, -0.1) is 0 Å². The molecule has 1 saturated heterocycles. The standard InChI is InChI=1S/C21H20BrFN4O2/c22-17-8-1-2-9-18(17)24-19(28)13-27-10-4-6-15(12-27)21-25-20(26-29-21)14-5-3-7-16(23)11-14/h1-3,5,7-9,11,15H,4,6,10,12-13H2,(H,24,28). The predicted octanol–water partition coefficient (Wildman–Crippen LogP) is 4.46. The minimum absolute atomic E-state index is 0.0508. The normalized spacial score (nSPS) is 17.2. The van der Waals surface area contributed by atoms with Crippen LogP contribution in [0.15, 0.2) is 57.5 Å². The Labute approximate surface area is 176 Å². The number of halogens is 2. The zero-order valence-electron chi connectivity index (χ0n) is 15.6. The molecule has 0 aliphatic carbocycles. The lowest BCUT2D eigenvalue weighted by molar-refractivity contribution is -0.117. The van der Waals surface area contributed by atoms with Gasteiger partial charge in [-0.05, 0) is 59.6 Å². The van der Waals surface area contributed by atoms with Crippen molar-refractivity contribution in [2.24, 2.45) is 0 Å². The van der Waals surface area contributed by atoms with E-state index in [0.29, 0.717) is 30.4 Å². The molecule has 1 unspecified atom stereocenters. The summed E-state index contributed by atoms with van der Waals surface area (Å²) < 4.78 is 19.7. The number of hydrogen-bond acceptors (Lipinski definition) is 5. The molecule has 0 radical (unpaired) electrons. The van der Waals surface area contributed by atoms with Crippen LogP contribution in [-0.4, -0.2) is 40.6 Å². The van der Waals surface area contributed by atoms with Gasteiger partial charge < -0.3 is 9.84 Å². The summed E-state index contributed by atoms with van der Waals surface area (Å²) in [6.07, 6.45) is 1.85. The Balaban J connectivity index is 1.38. The van der Waals surface area contributed by atoms with Crippen LogP contribution in [0.2, 0.25) is 0 Å². The number of benzene rings is 2. The Bertz CT molecular complexity index is 1010. The average molecular weight is 459 g/mol. The Kier molecular flexibility index (Phi) is 6.01. The zero-order chi connectivity index (χ0) is 20.2. The second-order valence-electron chi connectivity index (χ2n) is 7.07. The Morgan fingerprint density at radius 1 is 1.28 bits per heavy atom. The van der Waals surface area contributed by atoms with E-state index < -0.39 is 0 Å². The number of nitrogens with one attached hydrogen (secondary N) is 1. The molecule has 0 spiro atoms. The van der Waals surface area contributed by atoms with Gasteiger partial charge in [0.1, 0.15) is 5.82 Å². The van der Waals surface area contributed by atoms with Gasteiger partial charge in [0.15, 0.2) is 0 Å². The van der Waals surface area contributed by atoms with Gasteiger partial charge >= 0.3 is 0 Å². The van der Waals surface area contributed by atoms with Crippen LogP contribution in [0, 0.1) is 5.82 Å². The van der Waals surface area contributed by atoms with Crippen LogP contribution in [0.4, 0.5) is 10.1 Å². The summed E-state index contributed by atoms with van der Waals surface area (Å²) in [5.41, 5.74) is 1.34. The maximum atomic E-state index is 13.4. The number of nitrogens with zero attached hydrogens (tertiary/aromatic N) is 3. The molecule has 3 aromatic rings. The molecule has 1 N–H and O–H groups in total. The van der Waals surface area contributed by atoms with E-state index in [4.69, 9.17) is 4.52 Å². The highest BCUT2D eigenvalue weighted by molar-refractivity contribution is 9.10. The number of hydrogen-bond donors (Lipinski definition) is 1. The molecule has 4 rings (SSSR count). The lowest BCUT2D eigenvalue weighted by atomic mass is 9.98. The molecule has 29 heavy (non-hydrogen) atoms. The minimum Gasteiger partial charge on any atom is -0.339 e. The molecule has 2 heterocycles. The molecule has 2 aromatic carbocycles. The van der Waals surface area contributed by atoms with Crippen molar-refractivity contribution in [2.45, 2.75) is 18.8 Å². The van der Waals surface area contributed by atoms with E-state index in [1.807, 2.05) is 24.3 Å². The first-order chi connectivity index (χ1) is 14.1.